The first-order valence-corrected chi connectivity index (χ1v) is 11.6. The van der Waals surface area contributed by atoms with Gasteiger partial charge in [-0.2, -0.15) is 0 Å². The fourth-order valence-corrected chi connectivity index (χ4v) is 3.80. The number of carboxylic acids is 1. The number of aliphatic carboxylic acids is 1. The molecule has 0 amide bonds. The Morgan fingerprint density at radius 3 is 1.60 bits per heavy atom. The third-order valence-electron chi connectivity index (χ3n) is 4.78. The predicted octanol–water partition coefficient (Wildman–Crippen LogP) is 6.43. The number of thioether (sulfide) groups is 1. The van der Waals surface area contributed by atoms with Crippen molar-refractivity contribution >= 4 is 17.7 Å². The van der Waals surface area contributed by atoms with Gasteiger partial charge < -0.3 is 10.2 Å². The summed E-state index contributed by atoms with van der Waals surface area (Å²) in [5.74, 6) is -0.264. The fourth-order valence-electron chi connectivity index (χ4n) is 2.98. The van der Waals surface area contributed by atoms with Crippen molar-refractivity contribution in [3.8, 4) is 0 Å². The van der Waals surface area contributed by atoms with Crippen LogP contribution in [0.3, 0.4) is 0 Å². The highest BCUT2D eigenvalue weighted by molar-refractivity contribution is 8.00. The SMILES string of the molecule is CCCCCCCCCCCCCCCCC(O)CSC(C)C(=O)O. The molecule has 0 aliphatic rings. The summed E-state index contributed by atoms with van der Waals surface area (Å²) in [4.78, 5) is 10.7. The third-order valence-corrected chi connectivity index (χ3v) is 6.06. The van der Waals surface area contributed by atoms with Crippen molar-refractivity contribution in [1.82, 2.24) is 0 Å². The van der Waals surface area contributed by atoms with Crippen LogP contribution >= 0.6 is 11.8 Å². The van der Waals surface area contributed by atoms with Crippen molar-refractivity contribution in [2.75, 3.05) is 5.75 Å². The van der Waals surface area contributed by atoms with Crippen LogP contribution in [0.4, 0.5) is 0 Å². The lowest BCUT2D eigenvalue weighted by atomic mass is 10.0. The second-order valence-corrected chi connectivity index (χ2v) is 8.73. The van der Waals surface area contributed by atoms with Crippen LogP contribution in [-0.4, -0.2) is 33.3 Å². The lowest BCUT2D eigenvalue weighted by molar-refractivity contribution is -0.136. The topological polar surface area (TPSA) is 57.5 Å². The number of hydrogen-bond donors (Lipinski definition) is 2. The Bertz CT molecular complexity index is 297. The molecule has 2 unspecified atom stereocenters. The van der Waals surface area contributed by atoms with Gasteiger partial charge in [-0.15, -0.1) is 11.8 Å². The summed E-state index contributed by atoms with van der Waals surface area (Å²) < 4.78 is 0. The first-order chi connectivity index (χ1) is 12.1. The van der Waals surface area contributed by atoms with Crippen LogP contribution in [0.2, 0.25) is 0 Å². The molecular formula is C21H42O3S. The molecule has 0 saturated heterocycles. The molecule has 0 aromatic carbocycles. The molecule has 4 heteroatoms. The Labute approximate surface area is 160 Å². The number of carbonyl (C=O) groups is 1. The second kappa shape index (κ2) is 18.6. The number of unbranched alkanes of at least 4 members (excludes halogenated alkanes) is 13. The number of hydrogen-bond acceptors (Lipinski definition) is 3. The summed E-state index contributed by atoms with van der Waals surface area (Å²) in [5.41, 5.74) is 0. The van der Waals surface area contributed by atoms with Crippen molar-refractivity contribution in [2.24, 2.45) is 0 Å². The number of aliphatic hydroxyl groups excluding tert-OH is 1. The zero-order valence-corrected chi connectivity index (χ0v) is 17.5. The van der Waals surface area contributed by atoms with E-state index >= 15 is 0 Å². The van der Waals surface area contributed by atoms with Gasteiger partial charge in [0.25, 0.3) is 0 Å². The van der Waals surface area contributed by atoms with Crippen LogP contribution in [0.25, 0.3) is 0 Å². The molecule has 0 saturated carbocycles. The van der Waals surface area contributed by atoms with Crippen molar-refractivity contribution < 1.29 is 15.0 Å². The quantitative estimate of drug-likeness (QED) is 0.256. The minimum atomic E-state index is -0.798. The van der Waals surface area contributed by atoms with Crippen molar-refractivity contribution in [2.45, 2.75) is 122 Å². The largest absolute Gasteiger partial charge is 0.480 e. The Morgan fingerprint density at radius 1 is 0.800 bits per heavy atom. The summed E-state index contributed by atoms with van der Waals surface area (Å²) >= 11 is 1.33. The predicted molar refractivity (Wildman–Crippen MR) is 110 cm³/mol. The lowest BCUT2D eigenvalue weighted by Gasteiger charge is -2.12. The first-order valence-electron chi connectivity index (χ1n) is 10.6. The van der Waals surface area contributed by atoms with Gasteiger partial charge in [-0.3, -0.25) is 4.79 Å². The van der Waals surface area contributed by atoms with Crippen LogP contribution in [0.1, 0.15) is 110 Å². The Hall–Kier alpha value is -0.220. The molecule has 0 aliphatic carbocycles. The van der Waals surface area contributed by atoms with Crippen molar-refractivity contribution in [1.29, 1.82) is 0 Å². The highest BCUT2D eigenvalue weighted by Crippen LogP contribution is 2.16. The van der Waals surface area contributed by atoms with E-state index < -0.39 is 11.2 Å². The van der Waals surface area contributed by atoms with Crippen LogP contribution < -0.4 is 0 Å². The van der Waals surface area contributed by atoms with E-state index in [0.29, 0.717) is 5.75 Å². The monoisotopic (exact) mass is 374 g/mol. The van der Waals surface area contributed by atoms with Crippen molar-refractivity contribution in [3.05, 3.63) is 0 Å². The molecule has 2 atom stereocenters. The first kappa shape index (κ1) is 24.8. The molecule has 0 aliphatic heterocycles. The molecule has 25 heavy (non-hydrogen) atoms. The zero-order chi connectivity index (χ0) is 18.8. The maximum absolute atomic E-state index is 10.7. The average Bonchev–Trinajstić information content (AvgIpc) is 2.59. The molecule has 0 aromatic heterocycles. The van der Waals surface area contributed by atoms with Gasteiger partial charge in [-0.1, -0.05) is 96.8 Å². The van der Waals surface area contributed by atoms with E-state index in [1.165, 1.54) is 95.2 Å². The van der Waals surface area contributed by atoms with Crippen LogP contribution in [-0.2, 0) is 4.79 Å². The number of rotatable bonds is 19. The summed E-state index contributed by atoms with van der Waals surface area (Å²) in [7, 11) is 0. The highest BCUT2D eigenvalue weighted by atomic mass is 32.2. The molecule has 150 valence electrons. The van der Waals surface area contributed by atoms with Crippen LogP contribution in [0.15, 0.2) is 0 Å². The van der Waals surface area contributed by atoms with Crippen LogP contribution in [0, 0.1) is 0 Å². The highest BCUT2D eigenvalue weighted by Gasteiger charge is 2.13. The van der Waals surface area contributed by atoms with E-state index in [1.807, 2.05) is 0 Å². The van der Waals surface area contributed by atoms with E-state index in [4.69, 9.17) is 5.11 Å². The van der Waals surface area contributed by atoms with Gasteiger partial charge >= 0.3 is 5.97 Å². The van der Waals surface area contributed by atoms with E-state index in [0.717, 1.165) is 12.8 Å². The van der Waals surface area contributed by atoms with Gasteiger partial charge in [0.1, 0.15) is 0 Å². The van der Waals surface area contributed by atoms with Gasteiger partial charge in [0.2, 0.25) is 0 Å². The molecule has 0 heterocycles. The van der Waals surface area contributed by atoms with E-state index in [2.05, 4.69) is 6.92 Å². The average molecular weight is 375 g/mol. The third kappa shape index (κ3) is 18.4. The molecule has 2 N–H and O–H groups in total. The molecule has 0 spiro atoms. The van der Waals surface area contributed by atoms with Crippen molar-refractivity contribution in [3.63, 3.8) is 0 Å². The molecule has 3 nitrogen and oxygen atoms in total. The minimum absolute atomic E-state index is 0.357. The Balaban J connectivity index is 3.19. The standard InChI is InChI=1S/C21H42O3S/c1-3-4-5-6-7-8-9-10-11-12-13-14-15-16-17-20(22)18-25-19(2)21(23)24/h19-20,22H,3-18H2,1-2H3,(H,23,24). The lowest BCUT2D eigenvalue weighted by Crippen LogP contribution is -2.17. The van der Waals surface area contributed by atoms with Gasteiger partial charge in [0, 0.05) is 5.75 Å². The maximum atomic E-state index is 10.7. The number of carboxylic acid groups (broad SMARTS) is 1. The van der Waals surface area contributed by atoms with Crippen LogP contribution in [0.5, 0.6) is 0 Å². The van der Waals surface area contributed by atoms with E-state index in [9.17, 15) is 9.90 Å². The normalized spacial score (nSPS) is 13.7. The maximum Gasteiger partial charge on any atom is 0.316 e. The zero-order valence-electron chi connectivity index (χ0n) is 16.7. The molecular weight excluding hydrogens is 332 g/mol. The van der Waals surface area contributed by atoms with E-state index in [1.54, 1.807) is 6.92 Å². The summed E-state index contributed by atoms with van der Waals surface area (Å²) in [6, 6.07) is 0. The second-order valence-electron chi connectivity index (χ2n) is 7.35. The summed E-state index contributed by atoms with van der Waals surface area (Å²) in [6.07, 6.45) is 19.2. The smallest absolute Gasteiger partial charge is 0.316 e. The number of aliphatic hydroxyl groups is 1. The van der Waals surface area contributed by atoms with Gasteiger partial charge in [-0.25, -0.2) is 0 Å². The van der Waals surface area contributed by atoms with Gasteiger partial charge in [-0.05, 0) is 13.3 Å². The molecule has 0 fully saturated rings. The van der Waals surface area contributed by atoms with Gasteiger partial charge in [0.15, 0.2) is 0 Å². The molecule has 0 radical (unpaired) electrons. The van der Waals surface area contributed by atoms with E-state index in [-0.39, 0.29) is 6.10 Å². The molecule has 0 rings (SSSR count). The molecule has 0 bridgehead atoms. The molecule has 0 aromatic rings. The fraction of sp³-hybridized carbons (Fsp3) is 0.952. The minimum Gasteiger partial charge on any atom is -0.480 e. The summed E-state index contributed by atoms with van der Waals surface area (Å²) in [5, 5.41) is 18.2. The Kier molecular flexibility index (Phi) is 18.4. The summed E-state index contributed by atoms with van der Waals surface area (Å²) in [6.45, 7) is 3.94. The Morgan fingerprint density at radius 2 is 1.20 bits per heavy atom. The van der Waals surface area contributed by atoms with Gasteiger partial charge in [0.05, 0.1) is 11.4 Å².